The van der Waals surface area contributed by atoms with E-state index in [0.29, 0.717) is 12.2 Å². The lowest BCUT2D eigenvalue weighted by Gasteiger charge is -2.41. The summed E-state index contributed by atoms with van der Waals surface area (Å²) in [6, 6.07) is 0. The van der Waals surface area contributed by atoms with E-state index in [9.17, 15) is 4.79 Å². The maximum Gasteiger partial charge on any atom is 0.139 e. The van der Waals surface area contributed by atoms with Crippen LogP contribution in [0.2, 0.25) is 0 Å². The minimum absolute atomic E-state index is 0.240. The molecule has 13 heavy (non-hydrogen) atoms. The lowest BCUT2D eigenvalue weighted by atomic mass is 9.60. The summed E-state index contributed by atoms with van der Waals surface area (Å²) >= 11 is 0. The van der Waals surface area contributed by atoms with Crippen molar-refractivity contribution in [2.24, 2.45) is 5.41 Å². The Bertz CT molecular complexity index is 332. The molecule has 1 saturated carbocycles. The van der Waals surface area contributed by atoms with Crippen LogP contribution in [0.4, 0.5) is 0 Å². The number of rotatable bonds is 1. The molecule has 1 atom stereocenters. The van der Waals surface area contributed by atoms with Crippen LogP contribution in [0.3, 0.4) is 0 Å². The summed E-state index contributed by atoms with van der Waals surface area (Å²) in [7, 11) is 0. The fraction of sp³-hybridized carbons (Fsp3) is 0.500. The lowest BCUT2D eigenvalue weighted by molar-refractivity contribution is -0.138. The molecule has 1 aromatic rings. The van der Waals surface area contributed by atoms with E-state index in [-0.39, 0.29) is 11.3 Å². The highest BCUT2D eigenvalue weighted by Gasteiger charge is 2.48. The second kappa shape index (κ2) is 2.62. The van der Waals surface area contributed by atoms with Crippen molar-refractivity contribution < 1.29 is 4.79 Å². The van der Waals surface area contributed by atoms with E-state index in [1.54, 1.807) is 18.6 Å². The number of aromatic nitrogens is 2. The number of Topliss-reactive ketones (excluding diaryl/α,β-unsaturated/α-hetero) is 1. The van der Waals surface area contributed by atoms with Crippen molar-refractivity contribution in [1.29, 1.82) is 0 Å². The first-order valence-electron chi connectivity index (χ1n) is 4.41. The highest BCUT2D eigenvalue weighted by Crippen LogP contribution is 2.48. The molecule has 0 spiro atoms. The van der Waals surface area contributed by atoms with Crippen molar-refractivity contribution in [2.75, 3.05) is 0 Å². The first kappa shape index (κ1) is 8.35. The van der Waals surface area contributed by atoms with Crippen molar-refractivity contribution in [3.05, 3.63) is 24.3 Å². The number of nitrogens with zero attached hydrogens (tertiary/aromatic N) is 2. The van der Waals surface area contributed by atoms with Crippen LogP contribution in [0.1, 0.15) is 31.9 Å². The SMILES string of the molecule is CC1(C)C(=O)CC1c1cnccn1. The topological polar surface area (TPSA) is 42.9 Å². The zero-order chi connectivity index (χ0) is 9.47. The predicted molar refractivity (Wildman–Crippen MR) is 48.2 cm³/mol. The molecule has 68 valence electrons. The Balaban J connectivity index is 2.27. The first-order chi connectivity index (χ1) is 6.12. The van der Waals surface area contributed by atoms with Crippen molar-refractivity contribution >= 4 is 5.78 Å². The molecule has 1 aliphatic carbocycles. The minimum Gasteiger partial charge on any atom is -0.299 e. The van der Waals surface area contributed by atoms with Crippen LogP contribution in [0.25, 0.3) is 0 Å². The molecule has 3 heteroatoms. The van der Waals surface area contributed by atoms with Gasteiger partial charge in [-0.25, -0.2) is 0 Å². The van der Waals surface area contributed by atoms with Crippen LogP contribution in [-0.4, -0.2) is 15.8 Å². The Hall–Kier alpha value is -1.25. The monoisotopic (exact) mass is 176 g/mol. The van der Waals surface area contributed by atoms with Crippen LogP contribution >= 0.6 is 0 Å². The number of carbonyl (C=O) groups is 1. The average molecular weight is 176 g/mol. The standard InChI is InChI=1S/C10H12N2O/c1-10(2)7(5-9(10)13)8-6-11-3-4-12-8/h3-4,6-7H,5H2,1-2H3. The van der Waals surface area contributed by atoms with Gasteiger partial charge in [0, 0.05) is 36.3 Å². The molecule has 2 rings (SSSR count). The summed E-state index contributed by atoms with van der Waals surface area (Å²) in [6.07, 6.45) is 5.69. The summed E-state index contributed by atoms with van der Waals surface area (Å²) in [6.45, 7) is 3.94. The summed E-state index contributed by atoms with van der Waals surface area (Å²) in [5.41, 5.74) is 0.697. The molecule has 1 fully saturated rings. The molecular weight excluding hydrogens is 164 g/mol. The molecule has 0 N–H and O–H groups in total. The van der Waals surface area contributed by atoms with Gasteiger partial charge >= 0.3 is 0 Å². The van der Waals surface area contributed by atoms with Crippen LogP contribution in [0.5, 0.6) is 0 Å². The molecular formula is C10H12N2O. The van der Waals surface area contributed by atoms with Gasteiger partial charge in [-0.1, -0.05) is 13.8 Å². The van der Waals surface area contributed by atoms with Crippen molar-refractivity contribution in [3.63, 3.8) is 0 Å². The van der Waals surface area contributed by atoms with E-state index in [2.05, 4.69) is 9.97 Å². The van der Waals surface area contributed by atoms with E-state index in [4.69, 9.17) is 0 Å². The molecule has 1 aromatic heterocycles. The third kappa shape index (κ3) is 1.15. The molecule has 1 aliphatic rings. The van der Waals surface area contributed by atoms with Crippen molar-refractivity contribution in [2.45, 2.75) is 26.2 Å². The smallest absolute Gasteiger partial charge is 0.139 e. The summed E-state index contributed by atoms with van der Waals surface area (Å²) in [5, 5.41) is 0. The van der Waals surface area contributed by atoms with Crippen LogP contribution < -0.4 is 0 Å². The molecule has 1 heterocycles. The van der Waals surface area contributed by atoms with Gasteiger partial charge in [0.25, 0.3) is 0 Å². The molecule has 0 radical (unpaired) electrons. The van der Waals surface area contributed by atoms with Crippen molar-refractivity contribution in [3.8, 4) is 0 Å². The molecule has 0 amide bonds. The molecule has 3 nitrogen and oxygen atoms in total. The number of hydrogen-bond acceptors (Lipinski definition) is 3. The van der Waals surface area contributed by atoms with Gasteiger partial charge in [0.2, 0.25) is 0 Å². The second-order valence-electron chi connectivity index (χ2n) is 4.03. The quantitative estimate of drug-likeness (QED) is 0.652. The van der Waals surface area contributed by atoms with Gasteiger partial charge in [-0.3, -0.25) is 14.8 Å². The maximum atomic E-state index is 11.3. The maximum absolute atomic E-state index is 11.3. The van der Waals surface area contributed by atoms with E-state index in [0.717, 1.165) is 5.69 Å². The zero-order valence-electron chi connectivity index (χ0n) is 7.82. The second-order valence-corrected chi connectivity index (χ2v) is 4.03. The highest BCUT2D eigenvalue weighted by atomic mass is 16.1. The fourth-order valence-electron chi connectivity index (χ4n) is 1.73. The van der Waals surface area contributed by atoms with E-state index < -0.39 is 0 Å². The van der Waals surface area contributed by atoms with Gasteiger partial charge in [0.1, 0.15) is 5.78 Å². The Morgan fingerprint density at radius 3 is 2.69 bits per heavy atom. The normalized spacial score (nSPS) is 25.4. The van der Waals surface area contributed by atoms with Gasteiger partial charge in [-0.2, -0.15) is 0 Å². The molecule has 0 aliphatic heterocycles. The summed E-state index contributed by atoms with van der Waals surface area (Å²) < 4.78 is 0. The van der Waals surface area contributed by atoms with Gasteiger partial charge in [0.05, 0.1) is 5.69 Å². The van der Waals surface area contributed by atoms with Crippen LogP contribution in [-0.2, 0) is 4.79 Å². The zero-order valence-corrected chi connectivity index (χ0v) is 7.82. The van der Waals surface area contributed by atoms with Crippen LogP contribution in [0.15, 0.2) is 18.6 Å². The lowest BCUT2D eigenvalue weighted by Crippen LogP contribution is -2.43. The molecule has 0 aromatic carbocycles. The van der Waals surface area contributed by atoms with Gasteiger partial charge in [0.15, 0.2) is 0 Å². The number of ketones is 1. The summed E-state index contributed by atoms with van der Waals surface area (Å²) in [5.74, 6) is 0.580. The third-order valence-corrected chi connectivity index (χ3v) is 2.92. The Kier molecular flexibility index (Phi) is 1.68. The van der Waals surface area contributed by atoms with E-state index in [1.807, 2.05) is 13.8 Å². The Labute approximate surface area is 77.2 Å². The Morgan fingerprint density at radius 1 is 1.46 bits per heavy atom. The average Bonchev–Trinajstić information content (AvgIpc) is 2.15. The number of carbonyl (C=O) groups excluding carboxylic acids is 1. The van der Waals surface area contributed by atoms with Crippen LogP contribution in [0, 0.1) is 5.41 Å². The number of hydrogen-bond donors (Lipinski definition) is 0. The van der Waals surface area contributed by atoms with E-state index >= 15 is 0 Å². The molecule has 0 bridgehead atoms. The summed E-state index contributed by atoms with van der Waals surface area (Å²) in [4.78, 5) is 19.5. The largest absolute Gasteiger partial charge is 0.299 e. The fourth-order valence-corrected chi connectivity index (χ4v) is 1.73. The Morgan fingerprint density at radius 2 is 2.23 bits per heavy atom. The molecule has 1 unspecified atom stereocenters. The molecule has 0 saturated heterocycles. The van der Waals surface area contributed by atoms with Gasteiger partial charge in [-0.15, -0.1) is 0 Å². The third-order valence-electron chi connectivity index (χ3n) is 2.92. The first-order valence-corrected chi connectivity index (χ1v) is 4.41. The van der Waals surface area contributed by atoms with Crippen molar-refractivity contribution in [1.82, 2.24) is 9.97 Å². The van der Waals surface area contributed by atoms with Gasteiger partial charge in [-0.05, 0) is 0 Å². The minimum atomic E-state index is -0.240. The van der Waals surface area contributed by atoms with E-state index in [1.165, 1.54) is 0 Å². The van der Waals surface area contributed by atoms with Gasteiger partial charge < -0.3 is 0 Å². The predicted octanol–water partition coefficient (Wildman–Crippen LogP) is 1.56. The highest BCUT2D eigenvalue weighted by molar-refractivity contribution is 5.92.